The Kier molecular flexibility index (Phi) is 8.47. The lowest BCUT2D eigenvalue weighted by Crippen LogP contribution is -2.46. The molecule has 1 aliphatic carbocycles. The van der Waals surface area contributed by atoms with Crippen LogP contribution in [0.1, 0.15) is 46.4 Å². The molecule has 0 spiro atoms. The Labute approximate surface area is 217 Å². The fraction of sp³-hybridized carbons (Fsp3) is 0.259. The van der Waals surface area contributed by atoms with Crippen LogP contribution >= 0.6 is 0 Å². The number of hydrogen-bond acceptors (Lipinski definition) is 6. The molecular weight excluding hydrogens is 498 g/mol. The average molecular weight is 525 g/mol. The largest absolute Gasteiger partial charge is 0.508 e. The molecule has 3 aromatic rings. The Balaban J connectivity index is 1.24. The Morgan fingerprint density at radius 3 is 2.16 bits per heavy atom. The summed E-state index contributed by atoms with van der Waals surface area (Å²) in [6.45, 7) is -0.195. The lowest BCUT2D eigenvalue weighted by molar-refractivity contribution is -0.121. The highest BCUT2D eigenvalue weighted by Gasteiger charge is 2.26. The van der Waals surface area contributed by atoms with E-state index in [1.165, 1.54) is 48.5 Å². The van der Waals surface area contributed by atoms with Crippen LogP contribution in [0.3, 0.4) is 0 Å². The number of halogens is 2. The summed E-state index contributed by atoms with van der Waals surface area (Å²) in [6.07, 6.45) is 3.28. The van der Waals surface area contributed by atoms with E-state index in [9.17, 15) is 28.3 Å². The summed E-state index contributed by atoms with van der Waals surface area (Å²) in [7, 11) is 0. The highest BCUT2D eigenvalue weighted by atomic mass is 19.1. The van der Waals surface area contributed by atoms with Gasteiger partial charge >= 0.3 is 0 Å². The van der Waals surface area contributed by atoms with E-state index in [0.29, 0.717) is 31.2 Å². The maximum atomic E-state index is 13.9. The second-order valence-corrected chi connectivity index (χ2v) is 8.88. The van der Waals surface area contributed by atoms with E-state index in [-0.39, 0.29) is 47.5 Å². The SMILES string of the molecule is O=C(CNC(=O)c1ccc(O)cc1)NC1CCC(NC(=O)c2cc(F)cnc2Oc2ccc(F)cc2)CC1. The van der Waals surface area contributed by atoms with Crippen molar-refractivity contribution in [3.8, 4) is 17.4 Å². The smallest absolute Gasteiger partial charge is 0.257 e. The Morgan fingerprint density at radius 1 is 0.868 bits per heavy atom. The van der Waals surface area contributed by atoms with Gasteiger partial charge in [0, 0.05) is 17.6 Å². The molecule has 1 heterocycles. The summed E-state index contributed by atoms with van der Waals surface area (Å²) in [5.41, 5.74) is 0.237. The van der Waals surface area contributed by atoms with Gasteiger partial charge in [0.25, 0.3) is 11.8 Å². The number of carbonyl (C=O) groups excluding carboxylic acids is 3. The van der Waals surface area contributed by atoms with E-state index in [0.717, 1.165) is 12.3 Å². The van der Waals surface area contributed by atoms with Gasteiger partial charge < -0.3 is 25.8 Å². The third-order valence-electron chi connectivity index (χ3n) is 6.06. The van der Waals surface area contributed by atoms with Gasteiger partial charge in [0.15, 0.2) is 0 Å². The highest BCUT2D eigenvalue weighted by Crippen LogP contribution is 2.25. The first-order chi connectivity index (χ1) is 18.3. The molecule has 0 unspecified atom stereocenters. The molecule has 0 saturated heterocycles. The molecule has 0 radical (unpaired) electrons. The minimum Gasteiger partial charge on any atom is -0.508 e. The molecule has 3 amide bonds. The van der Waals surface area contributed by atoms with Crippen molar-refractivity contribution in [2.24, 2.45) is 0 Å². The minimum absolute atomic E-state index is 0.0393. The number of benzene rings is 2. The second-order valence-electron chi connectivity index (χ2n) is 8.88. The van der Waals surface area contributed by atoms with Crippen LogP contribution in [0.15, 0.2) is 60.8 Å². The highest BCUT2D eigenvalue weighted by molar-refractivity contribution is 5.97. The quantitative estimate of drug-likeness (QED) is 0.357. The number of nitrogens with one attached hydrogen (secondary N) is 3. The lowest BCUT2D eigenvalue weighted by Gasteiger charge is -2.29. The van der Waals surface area contributed by atoms with Gasteiger partial charge in [-0.3, -0.25) is 14.4 Å². The van der Waals surface area contributed by atoms with Crippen molar-refractivity contribution < 1.29 is 33.0 Å². The number of ether oxygens (including phenoxy) is 1. The van der Waals surface area contributed by atoms with Crippen LogP contribution in [0.2, 0.25) is 0 Å². The zero-order chi connectivity index (χ0) is 27.1. The zero-order valence-corrected chi connectivity index (χ0v) is 20.2. The van der Waals surface area contributed by atoms with Gasteiger partial charge in [-0.15, -0.1) is 0 Å². The van der Waals surface area contributed by atoms with Crippen molar-refractivity contribution in [2.45, 2.75) is 37.8 Å². The summed E-state index contributed by atoms with van der Waals surface area (Å²) in [4.78, 5) is 41.1. The number of nitrogens with zero attached hydrogens (tertiary/aromatic N) is 1. The number of aromatic nitrogens is 1. The zero-order valence-electron chi connectivity index (χ0n) is 20.2. The van der Waals surface area contributed by atoms with Gasteiger partial charge in [-0.05, 0) is 80.3 Å². The molecule has 198 valence electrons. The molecule has 1 saturated carbocycles. The van der Waals surface area contributed by atoms with Crippen molar-refractivity contribution in [2.75, 3.05) is 6.54 Å². The molecule has 1 aromatic heterocycles. The third-order valence-corrected chi connectivity index (χ3v) is 6.06. The minimum atomic E-state index is -0.703. The molecule has 0 aliphatic heterocycles. The molecule has 11 heteroatoms. The Bertz CT molecular complexity index is 1290. The van der Waals surface area contributed by atoms with Gasteiger partial charge in [0.1, 0.15) is 28.7 Å². The first-order valence-electron chi connectivity index (χ1n) is 12.0. The molecule has 4 rings (SSSR count). The van der Waals surface area contributed by atoms with Gasteiger partial charge in [0.2, 0.25) is 11.8 Å². The van der Waals surface area contributed by atoms with Crippen LogP contribution < -0.4 is 20.7 Å². The fourth-order valence-corrected chi connectivity index (χ4v) is 4.08. The van der Waals surface area contributed by atoms with Gasteiger partial charge in [-0.25, -0.2) is 13.8 Å². The van der Waals surface area contributed by atoms with Gasteiger partial charge in [-0.1, -0.05) is 0 Å². The molecule has 38 heavy (non-hydrogen) atoms. The number of pyridine rings is 1. The molecule has 1 fully saturated rings. The van der Waals surface area contributed by atoms with E-state index >= 15 is 0 Å². The molecule has 2 aromatic carbocycles. The van der Waals surface area contributed by atoms with Crippen LogP contribution in [0.25, 0.3) is 0 Å². The number of amides is 3. The monoisotopic (exact) mass is 524 g/mol. The molecular formula is C27H26F2N4O5. The van der Waals surface area contributed by atoms with Crippen molar-refractivity contribution >= 4 is 17.7 Å². The molecule has 0 atom stereocenters. The van der Waals surface area contributed by atoms with Crippen LogP contribution in [0.5, 0.6) is 17.4 Å². The van der Waals surface area contributed by atoms with Crippen molar-refractivity contribution in [3.05, 3.63) is 83.6 Å². The first-order valence-corrected chi connectivity index (χ1v) is 12.0. The molecule has 1 aliphatic rings. The normalized spacial score (nSPS) is 16.8. The number of carbonyl (C=O) groups is 3. The summed E-state index contributed by atoms with van der Waals surface area (Å²) >= 11 is 0. The van der Waals surface area contributed by atoms with E-state index in [1.807, 2.05) is 0 Å². The van der Waals surface area contributed by atoms with Gasteiger partial charge in [0.05, 0.1) is 12.7 Å². The summed E-state index contributed by atoms with van der Waals surface area (Å²) < 4.78 is 32.6. The number of rotatable bonds is 8. The lowest BCUT2D eigenvalue weighted by atomic mass is 9.91. The van der Waals surface area contributed by atoms with Crippen LogP contribution in [0, 0.1) is 11.6 Å². The van der Waals surface area contributed by atoms with E-state index in [4.69, 9.17) is 4.74 Å². The number of aromatic hydroxyl groups is 1. The van der Waals surface area contributed by atoms with Crippen molar-refractivity contribution in [1.82, 2.24) is 20.9 Å². The number of phenols is 1. The fourth-order valence-electron chi connectivity index (χ4n) is 4.08. The van der Waals surface area contributed by atoms with Gasteiger partial charge in [-0.2, -0.15) is 0 Å². The van der Waals surface area contributed by atoms with E-state index in [2.05, 4.69) is 20.9 Å². The maximum absolute atomic E-state index is 13.9. The summed E-state index contributed by atoms with van der Waals surface area (Å²) in [5, 5.41) is 17.6. The van der Waals surface area contributed by atoms with E-state index in [1.54, 1.807) is 0 Å². The molecule has 4 N–H and O–H groups in total. The summed E-state index contributed by atoms with van der Waals surface area (Å²) in [5.74, 6) is -2.30. The maximum Gasteiger partial charge on any atom is 0.257 e. The number of phenolic OH excluding ortho intramolecular Hbond substituents is 1. The standard InChI is InChI=1S/C27H26F2N4O5/c28-17-3-11-22(12-4-17)38-27-23(13-18(29)14-31-27)26(37)33-20-7-5-19(6-8-20)32-24(35)15-30-25(36)16-1-9-21(34)10-2-16/h1-4,9-14,19-20,34H,5-8,15H2,(H,30,36)(H,32,35)(H,33,37). The Morgan fingerprint density at radius 2 is 1.50 bits per heavy atom. The average Bonchev–Trinajstić information content (AvgIpc) is 2.91. The van der Waals surface area contributed by atoms with Crippen molar-refractivity contribution in [1.29, 1.82) is 0 Å². The van der Waals surface area contributed by atoms with Crippen LogP contribution in [0.4, 0.5) is 8.78 Å². The molecule has 0 bridgehead atoms. The second kappa shape index (κ2) is 12.1. The topological polar surface area (TPSA) is 130 Å². The predicted octanol–water partition coefficient (Wildman–Crippen LogP) is 3.44. The van der Waals surface area contributed by atoms with E-state index < -0.39 is 23.4 Å². The van der Waals surface area contributed by atoms with Crippen molar-refractivity contribution in [3.63, 3.8) is 0 Å². The third kappa shape index (κ3) is 7.25. The van der Waals surface area contributed by atoms with Crippen LogP contribution in [-0.2, 0) is 4.79 Å². The first kappa shape index (κ1) is 26.5. The van der Waals surface area contributed by atoms with Crippen LogP contribution in [-0.4, -0.2) is 46.4 Å². The summed E-state index contributed by atoms with van der Waals surface area (Å²) in [6, 6.07) is 11.5. The Hall–Kier alpha value is -4.54. The predicted molar refractivity (Wildman–Crippen MR) is 133 cm³/mol. The molecule has 9 nitrogen and oxygen atoms in total. The number of hydrogen-bond donors (Lipinski definition) is 4.